The molecule has 2 heterocycles. The molecule has 6 amide bonds. The zero-order valence-corrected chi connectivity index (χ0v) is 28.1. The van der Waals surface area contributed by atoms with Crippen LogP contribution in [0, 0.1) is 0 Å². The molecule has 0 spiro atoms. The van der Waals surface area contributed by atoms with Gasteiger partial charge in [-0.1, -0.05) is 60.7 Å². The molecule has 2 aromatic carbocycles. The standard InChI is InChI=1S/2C15H16N2O6.Ca/c2*1-22-12(14(19)20)9-16-11(8-10-6-4-3-5-7-10)13(18)17(23-2)15(16)21;/h2*3-8,12H,9H2,1-2H3,(H,19,20);/q;;+2/p-2. The van der Waals surface area contributed by atoms with E-state index in [1.165, 1.54) is 40.6 Å². The molecule has 0 radical (unpaired) electrons. The van der Waals surface area contributed by atoms with Gasteiger partial charge in [0.2, 0.25) is 0 Å². The van der Waals surface area contributed by atoms with E-state index in [4.69, 9.17) is 19.1 Å². The minimum atomic E-state index is -1.48. The second kappa shape index (κ2) is 18.2. The molecular weight excluding hydrogens is 648 g/mol. The average molecular weight is 679 g/mol. The van der Waals surface area contributed by atoms with Crippen LogP contribution in [-0.4, -0.2) is 147 Å². The Morgan fingerprint density at radius 3 is 1.21 bits per heavy atom. The summed E-state index contributed by atoms with van der Waals surface area (Å²) in [6.45, 7) is -0.746. The van der Waals surface area contributed by atoms with Crippen LogP contribution in [0.4, 0.5) is 9.59 Å². The van der Waals surface area contributed by atoms with Crippen molar-refractivity contribution in [3.8, 4) is 0 Å². The van der Waals surface area contributed by atoms with E-state index < -0.39 is 48.0 Å². The van der Waals surface area contributed by atoms with Gasteiger partial charge in [0, 0.05) is 14.2 Å². The van der Waals surface area contributed by atoms with Crippen molar-refractivity contribution in [3.05, 3.63) is 83.2 Å². The third-order valence-corrected chi connectivity index (χ3v) is 6.56. The number of hydroxylamine groups is 4. The molecule has 17 heteroatoms. The number of urea groups is 2. The molecule has 0 saturated carbocycles. The Labute approximate surface area is 299 Å². The molecule has 2 aliphatic heterocycles. The van der Waals surface area contributed by atoms with Gasteiger partial charge in [0.1, 0.15) is 23.6 Å². The number of carbonyl (C=O) groups is 6. The Balaban J connectivity index is 0.000000320. The number of nitrogens with zero attached hydrogens (tertiary/aromatic N) is 4. The van der Waals surface area contributed by atoms with Crippen LogP contribution in [0.15, 0.2) is 72.1 Å². The molecule has 2 fully saturated rings. The first-order valence-electron chi connectivity index (χ1n) is 13.4. The van der Waals surface area contributed by atoms with Gasteiger partial charge >= 0.3 is 61.6 Å². The van der Waals surface area contributed by atoms with Crippen molar-refractivity contribution in [1.29, 1.82) is 0 Å². The largest absolute Gasteiger partial charge is 2.00 e. The maximum atomic E-state index is 12.3. The smallest absolute Gasteiger partial charge is 0.547 e. The number of ether oxygens (including phenoxy) is 2. The molecule has 2 saturated heterocycles. The predicted octanol–water partition coefficient (Wildman–Crippen LogP) is -1.14. The van der Waals surface area contributed by atoms with E-state index in [9.17, 15) is 39.0 Å². The van der Waals surface area contributed by atoms with Crippen LogP contribution in [0.3, 0.4) is 0 Å². The van der Waals surface area contributed by atoms with Gasteiger partial charge in [-0.2, -0.15) is 0 Å². The van der Waals surface area contributed by atoms with E-state index >= 15 is 0 Å². The molecule has 2 atom stereocenters. The first-order chi connectivity index (χ1) is 22.0. The molecule has 2 unspecified atom stereocenters. The number of carboxylic acids is 2. The Morgan fingerprint density at radius 2 is 0.957 bits per heavy atom. The number of amides is 6. The Bertz CT molecular complexity index is 1410. The SMILES string of the molecule is COC(CN1C(=O)N(OC)C(=O)C1=Cc1ccccc1)C(=O)[O-].COC(CN1C(=O)N(OC)C(=O)C1=Cc1ccccc1)C(=O)[O-].[Ca+2]. The molecule has 0 N–H and O–H groups in total. The van der Waals surface area contributed by atoms with Crippen molar-refractivity contribution in [3.63, 3.8) is 0 Å². The number of imide groups is 2. The second-order valence-corrected chi connectivity index (χ2v) is 9.32. The van der Waals surface area contributed by atoms with Gasteiger partial charge < -0.3 is 29.3 Å². The zero-order chi connectivity index (χ0) is 34.0. The van der Waals surface area contributed by atoms with Gasteiger partial charge in [0.15, 0.2) is 0 Å². The van der Waals surface area contributed by atoms with Gasteiger partial charge in [-0.15, -0.1) is 10.1 Å². The molecule has 2 aliphatic rings. The summed E-state index contributed by atoms with van der Waals surface area (Å²) in [5.41, 5.74) is 1.33. The summed E-state index contributed by atoms with van der Waals surface area (Å²) >= 11 is 0. The van der Waals surface area contributed by atoms with E-state index in [2.05, 4.69) is 0 Å². The number of benzene rings is 2. The Morgan fingerprint density at radius 1 is 0.638 bits per heavy atom. The Kier molecular flexibility index (Phi) is 15.1. The van der Waals surface area contributed by atoms with E-state index in [0.717, 1.165) is 9.80 Å². The van der Waals surface area contributed by atoms with Crippen LogP contribution >= 0.6 is 0 Å². The molecule has 47 heavy (non-hydrogen) atoms. The topological polar surface area (TPSA) is 198 Å². The summed E-state index contributed by atoms with van der Waals surface area (Å²) in [5.74, 6) is -4.34. The van der Waals surface area contributed by atoms with Crippen molar-refractivity contribution in [2.24, 2.45) is 0 Å². The summed E-state index contributed by atoms with van der Waals surface area (Å²) < 4.78 is 9.54. The van der Waals surface area contributed by atoms with Crippen LogP contribution in [0.5, 0.6) is 0 Å². The molecule has 16 nitrogen and oxygen atoms in total. The fourth-order valence-corrected chi connectivity index (χ4v) is 4.23. The average Bonchev–Trinajstić information content (AvgIpc) is 3.40. The second-order valence-electron chi connectivity index (χ2n) is 9.32. The number of methoxy groups -OCH3 is 2. The van der Waals surface area contributed by atoms with Gasteiger partial charge in [-0.3, -0.25) is 29.1 Å². The van der Waals surface area contributed by atoms with Crippen LogP contribution in [0.25, 0.3) is 12.2 Å². The molecule has 0 aliphatic carbocycles. The normalized spacial score (nSPS) is 17.5. The Hall–Kier alpha value is -4.16. The predicted molar refractivity (Wildman–Crippen MR) is 158 cm³/mol. The minimum Gasteiger partial charge on any atom is -0.547 e. The van der Waals surface area contributed by atoms with E-state index in [1.807, 2.05) is 0 Å². The summed E-state index contributed by atoms with van der Waals surface area (Å²) in [4.78, 5) is 82.5. The van der Waals surface area contributed by atoms with Gasteiger partial charge in [0.05, 0.1) is 39.2 Å². The first-order valence-corrected chi connectivity index (χ1v) is 13.4. The van der Waals surface area contributed by atoms with Crippen molar-refractivity contribution in [2.75, 3.05) is 41.5 Å². The third kappa shape index (κ3) is 9.45. The van der Waals surface area contributed by atoms with Crippen LogP contribution in [0.1, 0.15) is 11.1 Å². The van der Waals surface area contributed by atoms with Gasteiger partial charge in [-0.05, 0) is 23.3 Å². The summed E-state index contributed by atoms with van der Waals surface area (Å²) in [6.07, 6.45) is 0.202. The zero-order valence-electron chi connectivity index (χ0n) is 25.9. The fraction of sp³-hybridized carbons (Fsp3) is 0.267. The van der Waals surface area contributed by atoms with E-state index in [0.29, 0.717) is 21.3 Å². The van der Waals surface area contributed by atoms with Gasteiger partial charge in [-0.25, -0.2) is 9.59 Å². The molecule has 0 aromatic heterocycles. The number of carboxylic acid groups (broad SMARTS) is 2. The maximum Gasteiger partial charge on any atom is 2.00 e. The number of rotatable bonds is 12. The first kappa shape index (κ1) is 39.0. The molecule has 0 bridgehead atoms. The fourth-order valence-electron chi connectivity index (χ4n) is 4.23. The summed E-state index contributed by atoms with van der Waals surface area (Å²) in [7, 11) is 4.70. The van der Waals surface area contributed by atoms with Crippen LogP contribution in [0.2, 0.25) is 0 Å². The maximum absolute atomic E-state index is 12.3. The monoisotopic (exact) mass is 678 g/mol. The van der Waals surface area contributed by atoms with E-state index in [-0.39, 0.29) is 62.2 Å². The molecule has 2 aromatic rings. The molecule has 4 rings (SSSR count). The number of carbonyl (C=O) groups excluding carboxylic acids is 6. The van der Waals surface area contributed by atoms with Crippen molar-refractivity contribution in [1.82, 2.24) is 19.9 Å². The summed E-state index contributed by atoms with van der Waals surface area (Å²) in [5, 5.41) is 23.1. The third-order valence-electron chi connectivity index (χ3n) is 6.56. The molecule has 244 valence electrons. The quantitative estimate of drug-likeness (QED) is 0.149. The van der Waals surface area contributed by atoms with Gasteiger partial charge in [0.25, 0.3) is 0 Å². The minimum absolute atomic E-state index is 0. The number of aliphatic carboxylic acids is 2. The van der Waals surface area contributed by atoms with Crippen LogP contribution in [-0.2, 0) is 38.3 Å². The van der Waals surface area contributed by atoms with Crippen LogP contribution < -0.4 is 10.2 Å². The van der Waals surface area contributed by atoms with Crippen molar-refractivity contribution in [2.45, 2.75) is 12.2 Å². The summed E-state index contributed by atoms with van der Waals surface area (Å²) in [6, 6.07) is 16.1. The molecular formula is C30H30CaN4O12. The number of hydrogen-bond donors (Lipinski definition) is 0. The van der Waals surface area contributed by atoms with Crippen molar-refractivity contribution < 1.29 is 58.1 Å². The number of hydrogen-bond acceptors (Lipinski definition) is 12. The van der Waals surface area contributed by atoms with Crippen molar-refractivity contribution >= 4 is 85.7 Å². The van der Waals surface area contributed by atoms with E-state index in [1.54, 1.807) is 60.7 Å².